The molecule has 0 bridgehead atoms. The van der Waals surface area contributed by atoms with Gasteiger partial charge in [-0.2, -0.15) is 0 Å². The smallest absolute Gasteiger partial charge is 0.0616 e. The molecule has 2 nitrogen and oxygen atoms in total. The molecule has 0 saturated carbocycles. The van der Waals surface area contributed by atoms with Gasteiger partial charge in [0.15, 0.2) is 0 Å². The van der Waals surface area contributed by atoms with Crippen LogP contribution < -0.4 is 5.32 Å². The van der Waals surface area contributed by atoms with Gasteiger partial charge in [-0.1, -0.05) is 34.1 Å². The fourth-order valence-corrected chi connectivity index (χ4v) is 2.64. The lowest BCUT2D eigenvalue weighted by molar-refractivity contribution is 0.0490. The molecular formula is C14H29NO. The molecule has 1 rings (SSSR count). The Morgan fingerprint density at radius 1 is 1.38 bits per heavy atom. The molecular weight excluding hydrogens is 198 g/mol. The molecule has 1 fully saturated rings. The van der Waals surface area contributed by atoms with E-state index in [2.05, 4.69) is 39.9 Å². The number of rotatable bonds is 6. The van der Waals surface area contributed by atoms with Gasteiger partial charge in [-0.25, -0.2) is 0 Å². The van der Waals surface area contributed by atoms with E-state index in [9.17, 15) is 0 Å². The minimum atomic E-state index is 0.375. The first kappa shape index (κ1) is 14.0. The average Bonchev–Trinajstić information content (AvgIpc) is 2.58. The van der Waals surface area contributed by atoms with Crippen LogP contribution in [0.25, 0.3) is 0 Å². The van der Waals surface area contributed by atoms with Gasteiger partial charge in [0.05, 0.1) is 6.10 Å². The minimum Gasteiger partial charge on any atom is -0.378 e. The summed E-state index contributed by atoms with van der Waals surface area (Å²) < 4.78 is 5.81. The molecule has 2 heteroatoms. The highest BCUT2D eigenvalue weighted by atomic mass is 16.5. The summed E-state index contributed by atoms with van der Waals surface area (Å²) >= 11 is 0. The predicted molar refractivity (Wildman–Crippen MR) is 69.7 cm³/mol. The Kier molecular flexibility index (Phi) is 5.26. The first-order chi connectivity index (χ1) is 7.50. The van der Waals surface area contributed by atoms with Gasteiger partial charge < -0.3 is 10.1 Å². The fourth-order valence-electron chi connectivity index (χ4n) is 2.64. The predicted octanol–water partition coefficient (Wildman–Crippen LogP) is 3.22. The molecule has 96 valence electrons. The molecule has 1 N–H and O–H groups in total. The molecule has 1 aliphatic heterocycles. The van der Waals surface area contributed by atoms with Crippen molar-refractivity contribution in [2.24, 2.45) is 11.3 Å². The first-order valence-electron chi connectivity index (χ1n) is 6.85. The third-order valence-electron chi connectivity index (χ3n) is 4.14. The first-order valence-corrected chi connectivity index (χ1v) is 6.85. The summed E-state index contributed by atoms with van der Waals surface area (Å²) in [6, 6.07) is 0.571. The van der Waals surface area contributed by atoms with Crippen molar-refractivity contribution < 1.29 is 4.74 Å². The van der Waals surface area contributed by atoms with Gasteiger partial charge in [-0.15, -0.1) is 0 Å². The van der Waals surface area contributed by atoms with Crippen molar-refractivity contribution in [3.8, 4) is 0 Å². The topological polar surface area (TPSA) is 21.3 Å². The SMILES string of the molecule is CCC(C)CC1(CNC(C)C)CCOC1C. The van der Waals surface area contributed by atoms with Crippen LogP contribution in [0.15, 0.2) is 0 Å². The zero-order valence-corrected chi connectivity index (χ0v) is 11.7. The van der Waals surface area contributed by atoms with Crippen molar-refractivity contribution in [3.63, 3.8) is 0 Å². The second-order valence-corrected chi connectivity index (χ2v) is 5.88. The second kappa shape index (κ2) is 6.02. The van der Waals surface area contributed by atoms with E-state index < -0.39 is 0 Å². The molecule has 0 aromatic heterocycles. The second-order valence-electron chi connectivity index (χ2n) is 5.88. The van der Waals surface area contributed by atoms with Crippen LogP contribution in [0.1, 0.15) is 53.9 Å². The van der Waals surface area contributed by atoms with Crippen LogP contribution in [0.5, 0.6) is 0 Å². The van der Waals surface area contributed by atoms with Gasteiger partial charge in [0.25, 0.3) is 0 Å². The maximum absolute atomic E-state index is 5.81. The molecule has 3 unspecified atom stereocenters. The van der Waals surface area contributed by atoms with Crippen LogP contribution in [0.2, 0.25) is 0 Å². The van der Waals surface area contributed by atoms with Gasteiger partial charge in [-0.05, 0) is 25.7 Å². The lowest BCUT2D eigenvalue weighted by Crippen LogP contribution is -2.42. The highest BCUT2D eigenvalue weighted by molar-refractivity contribution is 4.92. The van der Waals surface area contributed by atoms with E-state index in [1.807, 2.05) is 0 Å². The Balaban J connectivity index is 2.61. The molecule has 1 saturated heterocycles. The Labute approximate surface area is 101 Å². The number of hydrogen-bond acceptors (Lipinski definition) is 2. The molecule has 3 atom stereocenters. The van der Waals surface area contributed by atoms with E-state index in [0.29, 0.717) is 17.6 Å². The highest BCUT2D eigenvalue weighted by Gasteiger charge is 2.41. The van der Waals surface area contributed by atoms with Crippen molar-refractivity contribution in [2.45, 2.75) is 66.0 Å². The zero-order chi connectivity index (χ0) is 12.2. The van der Waals surface area contributed by atoms with Crippen molar-refractivity contribution >= 4 is 0 Å². The summed E-state index contributed by atoms with van der Waals surface area (Å²) in [6.45, 7) is 13.4. The largest absolute Gasteiger partial charge is 0.378 e. The maximum atomic E-state index is 5.81. The quantitative estimate of drug-likeness (QED) is 0.752. The third kappa shape index (κ3) is 3.46. The average molecular weight is 227 g/mol. The van der Waals surface area contributed by atoms with E-state index in [1.54, 1.807) is 0 Å². The Hall–Kier alpha value is -0.0800. The zero-order valence-electron chi connectivity index (χ0n) is 11.7. The van der Waals surface area contributed by atoms with Crippen molar-refractivity contribution in [3.05, 3.63) is 0 Å². The van der Waals surface area contributed by atoms with Crippen molar-refractivity contribution in [1.29, 1.82) is 0 Å². The molecule has 1 aliphatic rings. The summed E-state index contributed by atoms with van der Waals surface area (Å²) in [5.41, 5.74) is 0.375. The van der Waals surface area contributed by atoms with E-state index >= 15 is 0 Å². The van der Waals surface area contributed by atoms with Gasteiger partial charge in [-0.3, -0.25) is 0 Å². The van der Waals surface area contributed by atoms with Crippen LogP contribution in [0.3, 0.4) is 0 Å². The van der Waals surface area contributed by atoms with Gasteiger partial charge in [0.1, 0.15) is 0 Å². The van der Waals surface area contributed by atoms with Crippen molar-refractivity contribution in [1.82, 2.24) is 5.32 Å². The number of nitrogens with one attached hydrogen (secondary N) is 1. The normalized spacial score (nSPS) is 32.2. The highest BCUT2D eigenvalue weighted by Crippen LogP contribution is 2.40. The molecule has 0 aromatic carbocycles. The monoisotopic (exact) mass is 227 g/mol. The molecule has 1 heterocycles. The molecule has 0 aromatic rings. The molecule has 0 amide bonds. The fraction of sp³-hybridized carbons (Fsp3) is 1.00. The standard InChI is InChI=1S/C14H29NO/c1-6-12(4)9-14(10-15-11(2)3)7-8-16-13(14)5/h11-13,15H,6-10H2,1-5H3. The third-order valence-corrected chi connectivity index (χ3v) is 4.14. The number of hydrogen-bond donors (Lipinski definition) is 1. The van der Waals surface area contributed by atoms with Gasteiger partial charge >= 0.3 is 0 Å². The van der Waals surface area contributed by atoms with E-state index in [-0.39, 0.29) is 0 Å². The molecule has 0 radical (unpaired) electrons. The van der Waals surface area contributed by atoms with Crippen LogP contribution in [-0.2, 0) is 4.74 Å². The lowest BCUT2D eigenvalue weighted by atomic mass is 9.74. The molecule has 0 aliphatic carbocycles. The molecule has 0 spiro atoms. The van der Waals surface area contributed by atoms with E-state index in [0.717, 1.165) is 19.1 Å². The summed E-state index contributed by atoms with van der Waals surface area (Å²) in [6.07, 6.45) is 4.20. The minimum absolute atomic E-state index is 0.375. The van der Waals surface area contributed by atoms with Gasteiger partial charge in [0.2, 0.25) is 0 Å². The van der Waals surface area contributed by atoms with E-state index in [1.165, 1.54) is 19.3 Å². The molecule has 16 heavy (non-hydrogen) atoms. The van der Waals surface area contributed by atoms with Gasteiger partial charge in [0, 0.05) is 24.6 Å². The Bertz CT molecular complexity index is 205. The number of ether oxygens (including phenoxy) is 1. The lowest BCUT2D eigenvalue weighted by Gasteiger charge is -2.35. The maximum Gasteiger partial charge on any atom is 0.0616 e. The van der Waals surface area contributed by atoms with E-state index in [4.69, 9.17) is 4.74 Å². The van der Waals surface area contributed by atoms with Crippen LogP contribution >= 0.6 is 0 Å². The van der Waals surface area contributed by atoms with Crippen LogP contribution in [0.4, 0.5) is 0 Å². The van der Waals surface area contributed by atoms with Crippen LogP contribution in [0, 0.1) is 11.3 Å². The summed E-state index contributed by atoms with van der Waals surface area (Å²) in [7, 11) is 0. The van der Waals surface area contributed by atoms with Crippen molar-refractivity contribution in [2.75, 3.05) is 13.2 Å². The summed E-state index contributed by atoms with van der Waals surface area (Å²) in [5.74, 6) is 0.804. The Morgan fingerprint density at radius 3 is 2.50 bits per heavy atom. The Morgan fingerprint density at radius 2 is 2.06 bits per heavy atom. The summed E-state index contributed by atoms with van der Waals surface area (Å²) in [5, 5.41) is 3.61. The summed E-state index contributed by atoms with van der Waals surface area (Å²) in [4.78, 5) is 0. The van der Waals surface area contributed by atoms with Crippen LogP contribution in [-0.4, -0.2) is 25.3 Å².